The molecule has 2 aromatic carbocycles. The van der Waals surface area contributed by atoms with Crippen LogP contribution in [0.5, 0.6) is 5.88 Å². The van der Waals surface area contributed by atoms with Crippen LogP contribution >= 0.6 is 11.6 Å². The molecule has 0 saturated carbocycles. The second-order valence-corrected chi connectivity index (χ2v) is 6.12. The molecule has 27 heavy (non-hydrogen) atoms. The van der Waals surface area contributed by atoms with Crippen LogP contribution < -0.4 is 11.2 Å². The van der Waals surface area contributed by atoms with Crippen molar-refractivity contribution in [2.45, 2.75) is 6.92 Å². The van der Waals surface area contributed by atoms with E-state index in [2.05, 4.69) is 9.98 Å². The van der Waals surface area contributed by atoms with Crippen molar-refractivity contribution in [3.63, 3.8) is 0 Å². The van der Waals surface area contributed by atoms with E-state index in [1.807, 2.05) is 4.98 Å². The SMILES string of the molecule is CC(=Nc1ccc(Cl)cc1C(=O)c1ccccc1)c1c(O)[nH]c(=O)[nH]c1=O. The number of carbonyl (C=O) groups excluding carboxylic acids is 1. The minimum Gasteiger partial charge on any atom is -0.494 e. The number of ketones is 1. The minimum atomic E-state index is -0.833. The average Bonchev–Trinajstić information content (AvgIpc) is 2.62. The highest BCUT2D eigenvalue weighted by molar-refractivity contribution is 6.31. The number of hydrogen-bond acceptors (Lipinski definition) is 5. The fourth-order valence-corrected chi connectivity index (χ4v) is 2.75. The number of halogens is 1. The Labute approximate surface area is 158 Å². The van der Waals surface area contributed by atoms with Crippen molar-refractivity contribution in [1.82, 2.24) is 9.97 Å². The number of benzene rings is 2. The number of H-pyrrole nitrogens is 2. The lowest BCUT2D eigenvalue weighted by Crippen LogP contribution is -2.27. The second kappa shape index (κ2) is 7.43. The molecule has 0 aliphatic heterocycles. The summed E-state index contributed by atoms with van der Waals surface area (Å²) in [6.07, 6.45) is 0. The summed E-state index contributed by atoms with van der Waals surface area (Å²) in [6.45, 7) is 1.48. The summed E-state index contributed by atoms with van der Waals surface area (Å²) in [6, 6.07) is 13.2. The quantitative estimate of drug-likeness (QED) is 0.474. The summed E-state index contributed by atoms with van der Waals surface area (Å²) in [5, 5.41) is 10.2. The summed E-state index contributed by atoms with van der Waals surface area (Å²) in [7, 11) is 0. The fourth-order valence-electron chi connectivity index (χ4n) is 2.58. The number of aromatic hydroxyl groups is 1. The lowest BCUT2D eigenvalue weighted by molar-refractivity contribution is 0.103. The van der Waals surface area contributed by atoms with Gasteiger partial charge in [0.1, 0.15) is 5.56 Å². The standard InChI is InChI=1S/C19H14ClN3O4/c1-10(15-17(25)22-19(27)23-18(15)26)21-14-8-7-12(20)9-13(14)16(24)11-5-3-2-4-6-11/h2-9H,1H3,(H3,22,23,25,26,27). The van der Waals surface area contributed by atoms with Crippen LogP contribution in [0.1, 0.15) is 28.4 Å². The highest BCUT2D eigenvalue weighted by Gasteiger charge is 2.16. The van der Waals surface area contributed by atoms with Crippen LogP contribution in [0.4, 0.5) is 5.69 Å². The van der Waals surface area contributed by atoms with Gasteiger partial charge in [-0.1, -0.05) is 41.9 Å². The molecule has 1 heterocycles. The molecule has 136 valence electrons. The van der Waals surface area contributed by atoms with E-state index in [4.69, 9.17) is 11.6 Å². The molecule has 3 aromatic rings. The van der Waals surface area contributed by atoms with Gasteiger partial charge in [0.2, 0.25) is 5.88 Å². The molecule has 0 amide bonds. The van der Waals surface area contributed by atoms with Crippen molar-refractivity contribution in [3.05, 3.63) is 91.1 Å². The van der Waals surface area contributed by atoms with Crippen LogP contribution in [-0.4, -0.2) is 26.6 Å². The molecular formula is C19H14ClN3O4. The molecule has 0 aliphatic carbocycles. The number of aromatic amines is 2. The molecule has 0 aliphatic rings. The van der Waals surface area contributed by atoms with Crippen molar-refractivity contribution >= 4 is 28.8 Å². The van der Waals surface area contributed by atoms with Crippen molar-refractivity contribution < 1.29 is 9.90 Å². The van der Waals surface area contributed by atoms with Gasteiger partial charge in [-0.05, 0) is 25.1 Å². The zero-order chi connectivity index (χ0) is 19.6. The smallest absolute Gasteiger partial charge is 0.328 e. The molecule has 0 saturated heterocycles. The van der Waals surface area contributed by atoms with E-state index < -0.39 is 17.1 Å². The number of carbonyl (C=O) groups is 1. The lowest BCUT2D eigenvalue weighted by Gasteiger charge is -2.08. The van der Waals surface area contributed by atoms with Gasteiger partial charge in [0.15, 0.2) is 5.78 Å². The summed E-state index contributed by atoms with van der Waals surface area (Å²) < 4.78 is 0. The van der Waals surface area contributed by atoms with Gasteiger partial charge in [-0.3, -0.25) is 24.5 Å². The topological polar surface area (TPSA) is 115 Å². The lowest BCUT2D eigenvalue weighted by atomic mass is 10.0. The first-order valence-corrected chi connectivity index (χ1v) is 8.25. The monoisotopic (exact) mass is 383 g/mol. The van der Waals surface area contributed by atoms with Crippen LogP contribution in [-0.2, 0) is 0 Å². The first-order chi connectivity index (χ1) is 12.9. The first-order valence-electron chi connectivity index (χ1n) is 7.87. The maximum Gasteiger partial charge on any atom is 0.328 e. The van der Waals surface area contributed by atoms with Crippen molar-refractivity contribution in [3.8, 4) is 5.88 Å². The van der Waals surface area contributed by atoms with Crippen molar-refractivity contribution in [1.29, 1.82) is 0 Å². The van der Waals surface area contributed by atoms with Crippen LogP contribution in [0.2, 0.25) is 5.02 Å². The Kier molecular flexibility index (Phi) is 5.05. The minimum absolute atomic E-state index is 0.120. The van der Waals surface area contributed by atoms with E-state index in [1.165, 1.54) is 13.0 Å². The van der Waals surface area contributed by atoms with Crippen molar-refractivity contribution in [2.24, 2.45) is 4.99 Å². The average molecular weight is 384 g/mol. The summed E-state index contributed by atoms with van der Waals surface area (Å²) in [5.74, 6) is -0.890. The summed E-state index contributed by atoms with van der Waals surface area (Å²) in [5.41, 5.74) is -0.720. The second-order valence-electron chi connectivity index (χ2n) is 5.69. The number of aromatic nitrogens is 2. The predicted molar refractivity (Wildman–Crippen MR) is 103 cm³/mol. The van der Waals surface area contributed by atoms with E-state index in [0.29, 0.717) is 10.6 Å². The normalized spacial score (nSPS) is 11.4. The molecule has 3 N–H and O–H groups in total. The molecular weight excluding hydrogens is 370 g/mol. The molecule has 0 fully saturated rings. The molecule has 0 spiro atoms. The molecule has 0 radical (unpaired) electrons. The van der Waals surface area contributed by atoms with E-state index in [9.17, 15) is 19.5 Å². The van der Waals surface area contributed by atoms with Gasteiger partial charge in [-0.15, -0.1) is 0 Å². The predicted octanol–water partition coefficient (Wildman–Crippen LogP) is 2.79. The number of rotatable bonds is 4. The molecule has 3 rings (SSSR count). The highest BCUT2D eigenvalue weighted by atomic mass is 35.5. The third kappa shape index (κ3) is 3.88. The number of aliphatic imine (C=N–C) groups is 1. The van der Waals surface area contributed by atoms with Gasteiger partial charge in [0, 0.05) is 16.1 Å². The number of nitrogens with zero attached hydrogens (tertiary/aromatic N) is 1. The molecule has 8 heteroatoms. The molecule has 0 unspecified atom stereocenters. The van der Waals surface area contributed by atoms with Gasteiger partial charge < -0.3 is 5.11 Å². The Hall–Kier alpha value is -3.45. The Balaban J connectivity index is 2.13. The third-order valence-corrected chi connectivity index (χ3v) is 4.05. The molecule has 7 nitrogen and oxygen atoms in total. The highest BCUT2D eigenvalue weighted by Crippen LogP contribution is 2.27. The largest absolute Gasteiger partial charge is 0.494 e. The van der Waals surface area contributed by atoms with E-state index >= 15 is 0 Å². The maximum absolute atomic E-state index is 12.8. The summed E-state index contributed by atoms with van der Waals surface area (Å²) in [4.78, 5) is 44.4. The maximum atomic E-state index is 12.8. The first kappa shape index (κ1) is 18.3. The molecule has 0 atom stereocenters. The van der Waals surface area contributed by atoms with Crippen LogP contribution in [0.15, 0.2) is 63.1 Å². The Morgan fingerprint density at radius 1 is 1.07 bits per heavy atom. The van der Waals surface area contributed by atoms with Gasteiger partial charge in [0.05, 0.1) is 11.4 Å². The number of hydrogen-bond donors (Lipinski definition) is 3. The van der Waals surface area contributed by atoms with E-state index in [-0.39, 0.29) is 28.3 Å². The van der Waals surface area contributed by atoms with Crippen LogP contribution in [0.25, 0.3) is 0 Å². The Bertz CT molecular complexity index is 1160. The van der Waals surface area contributed by atoms with Gasteiger partial charge in [-0.2, -0.15) is 0 Å². The third-order valence-electron chi connectivity index (χ3n) is 3.81. The van der Waals surface area contributed by atoms with E-state index in [0.717, 1.165) is 0 Å². The Morgan fingerprint density at radius 3 is 2.44 bits per heavy atom. The van der Waals surface area contributed by atoms with Crippen LogP contribution in [0, 0.1) is 0 Å². The van der Waals surface area contributed by atoms with Crippen molar-refractivity contribution in [2.75, 3.05) is 0 Å². The van der Waals surface area contributed by atoms with E-state index in [1.54, 1.807) is 42.5 Å². The van der Waals surface area contributed by atoms with Crippen LogP contribution in [0.3, 0.4) is 0 Å². The molecule has 1 aromatic heterocycles. The summed E-state index contributed by atoms with van der Waals surface area (Å²) >= 11 is 6.03. The number of nitrogens with one attached hydrogen (secondary N) is 2. The fraction of sp³-hybridized carbons (Fsp3) is 0.0526. The van der Waals surface area contributed by atoms with Gasteiger partial charge in [-0.25, -0.2) is 4.79 Å². The Morgan fingerprint density at radius 2 is 1.78 bits per heavy atom. The van der Waals surface area contributed by atoms with Gasteiger partial charge >= 0.3 is 5.69 Å². The van der Waals surface area contributed by atoms with Gasteiger partial charge in [0.25, 0.3) is 5.56 Å². The zero-order valence-electron chi connectivity index (χ0n) is 14.1. The zero-order valence-corrected chi connectivity index (χ0v) is 14.9. The molecule has 0 bridgehead atoms.